The van der Waals surface area contributed by atoms with Gasteiger partial charge in [0.15, 0.2) is 6.10 Å². The van der Waals surface area contributed by atoms with E-state index >= 15 is 0 Å². The highest BCUT2D eigenvalue weighted by Gasteiger charge is 2.16. The number of esters is 2. The van der Waals surface area contributed by atoms with Gasteiger partial charge in [0.05, 0.1) is 6.61 Å². The van der Waals surface area contributed by atoms with Gasteiger partial charge in [-0.25, -0.2) is 0 Å². The highest BCUT2D eigenvalue weighted by molar-refractivity contribution is 5.70. The molecule has 0 bridgehead atoms. The molecule has 5 nitrogen and oxygen atoms in total. The Kier molecular flexibility index (Phi) is 68.2. The standard InChI is InChI=1S/C73H140O5/c1-3-5-7-9-11-13-15-17-19-21-23-25-27-28-29-30-31-32-33-34-35-36-37-38-39-40-41-42-43-44-46-48-50-52-54-56-58-60-62-64-66-68-73(76)78-71(69-74)70-77-72(75)67-65-63-61-59-57-55-53-51-49-47-45-26-24-22-20-18-16-14-12-10-8-6-4-2/h21-24,71,74H,3-20,25-70H2,1-2H3/b23-21-,24-22-. The van der Waals surface area contributed by atoms with E-state index in [1.54, 1.807) is 0 Å². The highest BCUT2D eigenvalue weighted by Crippen LogP contribution is 2.19. The summed E-state index contributed by atoms with van der Waals surface area (Å²) in [4.78, 5) is 24.6. The molecule has 0 aliphatic heterocycles. The fraction of sp³-hybridized carbons (Fsp3) is 0.918. The van der Waals surface area contributed by atoms with Crippen LogP contribution in [0, 0.1) is 0 Å². The number of hydrogen-bond donors (Lipinski definition) is 1. The molecular formula is C73H140O5. The molecule has 0 heterocycles. The monoisotopic (exact) mass is 1100 g/mol. The summed E-state index contributed by atoms with van der Waals surface area (Å²) < 4.78 is 10.8. The molecule has 0 rings (SSSR count). The van der Waals surface area contributed by atoms with E-state index in [9.17, 15) is 14.7 Å². The molecule has 0 aromatic heterocycles. The molecule has 1 unspecified atom stereocenters. The molecule has 0 aliphatic carbocycles. The van der Waals surface area contributed by atoms with Crippen LogP contribution in [0.15, 0.2) is 24.3 Å². The molecule has 0 aromatic rings. The Morgan fingerprint density at radius 1 is 0.282 bits per heavy atom. The first-order chi connectivity index (χ1) is 38.6. The van der Waals surface area contributed by atoms with Crippen molar-refractivity contribution in [1.29, 1.82) is 0 Å². The van der Waals surface area contributed by atoms with Crippen LogP contribution in [0.2, 0.25) is 0 Å². The van der Waals surface area contributed by atoms with Gasteiger partial charge < -0.3 is 14.6 Å². The van der Waals surface area contributed by atoms with Crippen molar-refractivity contribution in [3.63, 3.8) is 0 Å². The predicted octanol–water partition coefficient (Wildman–Crippen LogP) is 24.8. The molecule has 0 spiro atoms. The zero-order valence-electron chi connectivity index (χ0n) is 53.2. The van der Waals surface area contributed by atoms with Crippen molar-refractivity contribution in [3.05, 3.63) is 24.3 Å². The van der Waals surface area contributed by atoms with Crippen molar-refractivity contribution in [2.45, 2.75) is 418 Å². The number of carbonyl (C=O) groups is 2. The van der Waals surface area contributed by atoms with Crippen LogP contribution >= 0.6 is 0 Å². The largest absolute Gasteiger partial charge is 0.462 e. The lowest BCUT2D eigenvalue weighted by Crippen LogP contribution is -2.28. The van der Waals surface area contributed by atoms with Gasteiger partial charge in [-0.1, -0.05) is 359 Å². The number of hydrogen-bond acceptors (Lipinski definition) is 5. The van der Waals surface area contributed by atoms with Gasteiger partial charge in [0.2, 0.25) is 0 Å². The Morgan fingerprint density at radius 2 is 0.474 bits per heavy atom. The maximum Gasteiger partial charge on any atom is 0.306 e. The lowest BCUT2D eigenvalue weighted by atomic mass is 10.0. The number of aliphatic hydroxyl groups is 1. The topological polar surface area (TPSA) is 72.8 Å². The minimum absolute atomic E-state index is 0.0594. The first kappa shape index (κ1) is 76.4. The summed E-state index contributed by atoms with van der Waals surface area (Å²) >= 11 is 0. The van der Waals surface area contributed by atoms with Crippen LogP contribution in [0.5, 0.6) is 0 Å². The van der Waals surface area contributed by atoms with Crippen molar-refractivity contribution in [2.75, 3.05) is 13.2 Å². The normalized spacial score (nSPS) is 12.2. The molecule has 0 fully saturated rings. The van der Waals surface area contributed by atoms with Crippen molar-refractivity contribution < 1.29 is 24.2 Å². The summed E-state index contributed by atoms with van der Waals surface area (Å²) in [6.45, 7) is 4.20. The summed E-state index contributed by atoms with van der Waals surface area (Å²) in [5.74, 6) is -0.567. The highest BCUT2D eigenvalue weighted by atomic mass is 16.6. The summed E-state index contributed by atoms with van der Waals surface area (Å²) in [5, 5.41) is 9.69. The second-order valence-electron chi connectivity index (χ2n) is 24.7. The predicted molar refractivity (Wildman–Crippen MR) is 344 cm³/mol. The molecule has 0 saturated carbocycles. The number of carbonyl (C=O) groups excluding carboxylic acids is 2. The maximum absolute atomic E-state index is 12.4. The van der Waals surface area contributed by atoms with E-state index in [4.69, 9.17) is 9.47 Å². The second kappa shape index (κ2) is 69.6. The lowest BCUT2D eigenvalue weighted by Gasteiger charge is -2.15. The fourth-order valence-electron chi connectivity index (χ4n) is 11.3. The Labute approximate surface area is 489 Å². The van der Waals surface area contributed by atoms with Crippen LogP contribution < -0.4 is 0 Å². The van der Waals surface area contributed by atoms with Crippen molar-refractivity contribution in [3.8, 4) is 0 Å². The fourth-order valence-corrected chi connectivity index (χ4v) is 11.3. The molecule has 0 aromatic carbocycles. The number of ether oxygens (including phenoxy) is 2. The summed E-state index contributed by atoms with van der Waals surface area (Å²) in [7, 11) is 0. The Bertz CT molecular complexity index is 1200. The number of aliphatic hydroxyl groups excluding tert-OH is 1. The zero-order chi connectivity index (χ0) is 56.2. The van der Waals surface area contributed by atoms with E-state index in [2.05, 4.69) is 38.2 Å². The number of rotatable bonds is 68. The van der Waals surface area contributed by atoms with E-state index < -0.39 is 6.10 Å². The van der Waals surface area contributed by atoms with Gasteiger partial charge in [-0.15, -0.1) is 0 Å². The van der Waals surface area contributed by atoms with Crippen molar-refractivity contribution >= 4 is 11.9 Å². The SMILES string of the molecule is CCCCCCCCCC/C=C\CCCCCCCCCCCCCCCCCCCCCCCCCCCCCCCC(=O)OC(CO)COC(=O)CCCCCCCCCCCCC/C=C\CCCCCCCCCC. The van der Waals surface area contributed by atoms with Crippen LogP contribution in [-0.4, -0.2) is 36.4 Å². The molecule has 0 aliphatic rings. The van der Waals surface area contributed by atoms with Crippen LogP contribution in [-0.2, 0) is 19.1 Å². The summed E-state index contributed by atoms with van der Waals surface area (Å²) in [6.07, 6.45) is 91.0. The summed E-state index contributed by atoms with van der Waals surface area (Å²) in [6, 6.07) is 0. The van der Waals surface area contributed by atoms with Crippen molar-refractivity contribution in [1.82, 2.24) is 0 Å². The first-order valence-electron chi connectivity index (χ1n) is 35.9. The molecule has 78 heavy (non-hydrogen) atoms. The molecule has 0 radical (unpaired) electrons. The molecular weight excluding hydrogens is 957 g/mol. The molecule has 5 heteroatoms. The van der Waals surface area contributed by atoms with Gasteiger partial charge in [-0.2, -0.15) is 0 Å². The van der Waals surface area contributed by atoms with Crippen LogP contribution in [0.1, 0.15) is 412 Å². The van der Waals surface area contributed by atoms with E-state index in [0.717, 1.165) is 38.5 Å². The van der Waals surface area contributed by atoms with E-state index in [1.165, 1.54) is 347 Å². The van der Waals surface area contributed by atoms with Gasteiger partial charge in [0.25, 0.3) is 0 Å². The third-order valence-corrected chi connectivity index (χ3v) is 16.7. The summed E-state index contributed by atoms with van der Waals surface area (Å²) in [5.41, 5.74) is 0. The average Bonchev–Trinajstić information content (AvgIpc) is 3.44. The first-order valence-corrected chi connectivity index (χ1v) is 35.9. The lowest BCUT2D eigenvalue weighted by molar-refractivity contribution is -0.161. The van der Waals surface area contributed by atoms with Crippen LogP contribution in [0.4, 0.5) is 0 Å². The van der Waals surface area contributed by atoms with Crippen LogP contribution in [0.25, 0.3) is 0 Å². The second-order valence-corrected chi connectivity index (χ2v) is 24.7. The Balaban J connectivity index is 3.35. The van der Waals surface area contributed by atoms with E-state index in [-0.39, 0.29) is 25.2 Å². The molecule has 0 saturated heterocycles. The minimum Gasteiger partial charge on any atom is -0.462 e. The molecule has 1 atom stereocenters. The van der Waals surface area contributed by atoms with Gasteiger partial charge in [0, 0.05) is 12.8 Å². The van der Waals surface area contributed by atoms with Crippen LogP contribution in [0.3, 0.4) is 0 Å². The van der Waals surface area contributed by atoms with Gasteiger partial charge in [-0.05, 0) is 64.2 Å². The molecule has 1 N–H and O–H groups in total. The Morgan fingerprint density at radius 3 is 0.692 bits per heavy atom. The maximum atomic E-state index is 12.4. The zero-order valence-corrected chi connectivity index (χ0v) is 53.2. The third-order valence-electron chi connectivity index (χ3n) is 16.7. The van der Waals surface area contributed by atoms with Gasteiger partial charge in [-0.3, -0.25) is 9.59 Å². The van der Waals surface area contributed by atoms with Gasteiger partial charge >= 0.3 is 11.9 Å². The average molecular weight is 1100 g/mol. The quantitative estimate of drug-likeness (QED) is 0.0373. The minimum atomic E-state index is -0.769. The van der Waals surface area contributed by atoms with E-state index in [0.29, 0.717) is 12.8 Å². The van der Waals surface area contributed by atoms with Crippen molar-refractivity contribution in [2.24, 2.45) is 0 Å². The number of unbranched alkanes of at least 4 members (excludes halogenated alkanes) is 56. The molecule has 0 amide bonds. The molecule has 462 valence electrons. The van der Waals surface area contributed by atoms with E-state index in [1.807, 2.05) is 0 Å². The number of allylic oxidation sites excluding steroid dienone is 4. The Hall–Kier alpha value is -1.62. The third kappa shape index (κ3) is 66.9. The van der Waals surface area contributed by atoms with Gasteiger partial charge in [0.1, 0.15) is 6.61 Å². The smallest absolute Gasteiger partial charge is 0.306 e.